The number of hydrogen-bond donors (Lipinski definition) is 0. The summed E-state index contributed by atoms with van der Waals surface area (Å²) in [5.74, 6) is 1.03. The van der Waals surface area contributed by atoms with E-state index in [9.17, 15) is 0 Å². The Morgan fingerprint density at radius 1 is 0.625 bits per heavy atom. The first-order valence-corrected chi connectivity index (χ1v) is 22.0. The van der Waals surface area contributed by atoms with Crippen molar-refractivity contribution >= 4 is 3.21 Å². The van der Waals surface area contributed by atoms with E-state index in [0.29, 0.717) is 15.5 Å². The van der Waals surface area contributed by atoms with E-state index in [1.165, 1.54) is 55.6 Å². The van der Waals surface area contributed by atoms with E-state index in [2.05, 4.69) is 174 Å². The molecule has 0 saturated heterocycles. The molecule has 0 bridgehead atoms. The second kappa shape index (κ2) is 13.1. The maximum absolute atomic E-state index is 2.77. The van der Waals surface area contributed by atoms with Crippen LogP contribution in [0.5, 0.6) is 0 Å². The van der Waals surface area contributed by atoms with Crippen molar-refractivity contribution in [1.82, 2.24) is 0 Å². The van der Waals surface area contributed by atoms with Gasteiger partial charge in [-0.3, -0.25) is 0 Å². The first kappa shape index (κ1) is 35.0. The second-order valence-corrected chi connectivity index (χ2v) is 23.4. The molecule has 0 heterocycles. The standard InChI is InChI=1S/C23H29.C19H22.C5H5.Zr/c1-14-9-16-11-17-10-15(2)21(23(6,7)8)13-19(17)18(16)12-20(14)22(3,4)5;1-14(2)18-9-5-16(6-10-18)13-17-7-11-19(12-8-17)15(3)4;1-2-4-5-3-1;/h9-13H,1-8H3;5-12,14-15H,1-4H3;1-3H,4H2;. The number of aryl methyl sites for hydroxylation is 2. The van der Waals surface area contributed by atoms with Gasteiger partial charge in [-0.25, -0.2) is 0 Å². The zero-order valence-corrected chi connectivity index (χ0v) is 34.1. The molecule has 0 atom stereocenters. The normalized spacial score (nSPS) is 14.5. The Hall–Kier alpha value is -2.89. The van der Waals surface area contributed by atoms with Gasteiger partial charge in [0.2, 0.25) is 0 Å². The maximum atomic E-state index is 2.61. The van der Waals surface area contributed by atoms with Crippen LogP contribution in [0, 0.1) is 13.8 Å². The van der Waals surface area contributed by atoms with Gasteiger partial charge in [0.25, 0.3) is 0 Å². The molecule has 1 heteroatoms. The summed E-state index contributed by atoms with van der Waals surface area (Å²) in [7, 11) is 0. The molecule has 0 saturated carbocycles. The van der Waals surface area contributed by atoms with Gasteiger partial charge < -0.3 is 0 Å². The van der Waals surface area contributed by atoms with Crippen LogP contribution in [0.3, 0.4) is 0 Å². The third-order valence-electron chi connectivity index (χ3n) is 10.7. The monoisotopic (exact) mass is 710 g/mol. The molecule has 48 heavy (non-hydrogen) atoms. The van der Waals surface area contributed by atoms with Crippen molar-refractivity contribution in [3.63, 3.8) is 0 Å². The second-order valence-electron chi connectivity index (χ2n) is 17.1. The molecule has 0 spiro atoms. The Labute approximate surface area is 299 Å². The minimum absolute atomic E-state index is 0.0853. The van der Waals surface area contributed by atoms with Crippen LogP contribution in [-0.4, -0.2) is 3.21 Å². The number of benzene rings is 4. The molecule has 6 rings (SSSR count). The first-order chi connectivity index (χ1) is 22.6. The van der Waals surface area contributed by atoms with Gasteiger partial charge in [-0.2, -0.15) is 0 Å². The topological polar surface area (TPSA) is 0 Å². The van der Waals surface area contributed by atoms with Gasteiger partial charge in [0, 0.05) is 0 Å². The Kier molecular flexibility index (Phi) is 9.54. The van der Waals surface area contributed by atoms with E-state index in [1.54, 1.807) is 17.6 Å². The summed E-state index contributed by atoms with van der Waals surface area (Å²) in [6.45, 7) is 28.1. The van der Waals surface area contributed by atoms with Crippen LogP contribution in [0.1, 0.15) is 147 Å². The van der Waals surface area contributed by atoms with Gasteiger partial charge in [-0.1, -0.05) is 0 Å². The molecule has 4 aromatic rings. The van der Waals surface area contributed by atoms with Gasteiger partial charge in [0.15, 0.2) is 0 Å². The third kappa shape index (κ3) is 6.54. The SMILES string of the molecule is Cc1cc2c(cc1C(C)(C)C)-c1cc(C(C)(C)C)c(C)cc1[CH]2[Zr]([C]1=CC=CC1)=[C](c1ccc(C(C)C)cc1)c1ccc(C(C)C)cc1. The van der Waals surface area contributed by atoms with E-state index in [0.717, 1.165) is 6.42 Å². The molecule has 0 fully saturated rings. The van der Waals surface area contributed by atoms with Crippen molar-refractivity contribution in [3.05, 3.63) is 150 Å². The van der Waals surface area contributed by atoms with E-state index < -0.39 is 21.3 Å². The minimum atomic E-state index is -2.77. The van der Waals surface area contributed by atoms with Gasteiger partial charge in [0.1, 0.15) is 0 Å². The van der Waals surface area contributed by atoms with Crippen LogP contribution in [0.4, 0.5) is 0 Å². The summed E-state index contributed by atoms with van der Waals surface area (Å²) < 4.78 is 3.75. The van der Waals surface area contributed by atoms with Crippen molar-refractivity contribution in [2.75, 3.05) is 0 Å². The van der Waals surface area contributed by atoms with Gasteiger partial charge in [0.05, 0.1) is 0 Å². The molecular formula is C47H56Zr. The molecule has 0 amide bonds. The number of hydrogen-bond acceptors (Lipinski definition) is 0. The van der Waals surface area contributed by atoms with Crippen molar-refractivity contribution in [2.24, 2.45) is 0 Å². The van der Waals surface area contributed by atoms with Gasteiger partial charge in [-0.15, -0.1) is 0 Å². The van der Waals surface area contributed by atoms with Crippen LogP contribution in [-0.2, 0) is 32.1 Å². The predicted octanol–water partition coefficient (Wildman–Crippen LogP) is 12.9. The molecule has 0 nitrogen and oxygen atoms in total. The fourth-order valence-electron chi connectivity index (χ4n) is 8.18. The van der Waals surface area contributed by atoms with E-state index in [1.807, 2.05) is 0 Å². The summed E-state index contributed by atoms with van der Waals surface area (Å²) in [5.41, 5.74) is 17.7. The van der Waals surface area contributed by atoms with E-state index in [-0.39, 0.29) is 10.8 Å². The quantitative estimate of drug-likeness (QED) is 0.187. The summed E-state index contributed by atoms with van der Waals surface area (Å²) >= 11 is -2.77. The fourth-order valence-corrected chi connectivity index (χ4v) is 17.2. The average molecular weight is 712 g/mol. The Morgan fingerprint density at radius 2 is 1.04 bits per heavy atom. The Morgan fingerprint density at radius 3 is 1.38 bits per heavy atom. The summed E-state index contributed by atoms with van der Waals surface area (Å²) in [5, 5.41) is 0. The van der Waals surface area contributed by atoms with Crippen molar-refractivity contribution in [1.29, 1.82) is 0 Å². The van der Waals surface area contributed by atoms with Crippen LogP contribution >= 0.6 is 0 Å². The fraction of sp³-hybridized carbons (Fsp3) is 0.383. The first-order valence-electron chi connectivity index (χ1n) is 18.2. The van der Waals surface area contributed by atoms with E-state index >= 15 is 0 Å². The number of allylic oxidation sites excluding steroid dienone is 4. The summed E-state index contributed by atoms with van der Waals surface area (Å²) in [4.78, 5) is 0. The zero-order chi connectivity index (χ0) is 34.7. The molecule has 0 aliphatic heterocycles. The molecule has 0 aromatic heterocycles. The molecule has 0 N–H and O–H groups in total. The molecular weight excluding hydrogens is 656 g/mol. The third-order valence-corrected chi connectivity index (χ3v) is 19.0. The number of fused-ring (bicyclic) bond motifs is 3. The van der Waals surface area contributed by atoms with Crippen LogP contribution in [0.2, 0.25) is 0 Å². The van der Waals surface area contributed by atoms with Crippen molar-refractivity contribution < 1.29 is 21.3 Å². The zero-order valence-electron chi connectivity index (χ0n) is 31.6. The molecule has 0 radical (unpaired) electrons. The summed E-state index contributed by atoms with van der Waals surface area (Å²) in [6, 6.07) is 29.7. The molecule has 2 aliphatic carbocycles. The molecule has 4 aromatic carbocycles. The van der Waals surface area contributed by atoms with Crippen LogP contribution < -0.4 is 0 Å². The van der Waals surface area contributed by atoms with Gasteiger partial charge >= 0.3 is 301 Å². The van der Waals surface area contributed by atoms with Gasteiger partial charge in [-0.05, 0) is 0 Å². The van der Waals surface area contributed by atoms with Crippen LogP contribution in [0.25, 0.3) is 11.1 Å². The predicted molar refractivity (Wildman–Crippen MR) is 207 cm³/mol. The van der Waals surface area contributed by atoms with Crippen LogP contribution in [0.15, 0.2) is 94.3 Å². The average Bonchev–Trinajstić information content (AvgIpc) is 3.64. The van der Waals surface area contributed by atoms with Crippen molar-refractivity contribution in [3.8, 4) is 11.1 Å². The molecule has 0 unspecified atom stereocenters. The Bertz CT molecular complexity index is 1820. The molecule has 2 aliphatic rings. The summed E-state index contributed by atoms with van der Waals surface area (Å²) in [6.07, 6.45) is 8.31. The molecule has 248 valence electrons. The number of rotatable bonds is 6. The van der Waals surface area contributed by atoms with Crippen molar-refractivity contribution in [2.45, 2.75) is 116 Å². The van der Waals surface area contributed by atoms with E-state index in [4.69, 9.17) is 0 Å². The Balaban J connectivity index is 1.74.